The summed E-state index contributed by atoms with van der Waals surface area (Å²) in [4.78, 5) is 14.1. The summed E-state index contributed by atoms with van der Waals surface area (Å²) in [6.07, 6.45) is 2.31. The van der Waals surface area contributed by atoms with E-state index in [9.17, 15) is 4.79 Å². The molecule has 2 unspecified atom stereocenters. The summed E-state index contributed by atoms with van der Waals surface area (Å²) >= 11 is 0. The summed E-state index contributed by atoms with van der Waals surface area (Å²) in [7, 11) is 0. The zero-order valence-electron chi connectivity index (χ0n) is 10.1. The van der Waals surface area contributed by atoms with Gasteiger partial charge in [-0.15, -0.1) is 0 Å². The van der Waals surface area contributed by atoms with Gasteiger partial charge >= 0.3 is 0 Å². The van der Waals surface area contributed by atoms with Crippen LogP contribution in [-0.4, -0.2) is 23.4 Å². The Hall–Kier alpha value is -0.530. The minimum atomic E-state index is -0.227. The number of amides is 1. The molecular formula is C12H23NO. The fourth-order valence-corrected chi connectivity index (χ4v) is 2.14. The summed E-state index contributed by atoms with van der Waals surface area (Å²) < 4.78 is 0. The Balaban J connectivity index is 2.65. The number of carbonyl (C=O) groups is 1. The Labute approximate surface area is 87.7 Å². The fraction of sp³-hybridized carbons (Fsp3) is 0.917. The molecule has 2 nitrogen and oxygen atoms in total. The smallest absolute Gasteiger partial charge is 0.228 e. The number of hydrogen-bond acceptors (Lipinski definition) is 1. The molecule has 0 aromatic heterocycles. The van der Waals surface area contributed by atoms with Crippen LogP contribution in [-0.2, 0) is 4.79 Å². The number of nitrogens with zero attached hydrogens (tertiary/aromatic N) is 1. The molecule has 0 aliphatic carbocycles. The average molecular weight is 197 g/mol. The predicted molar refractivity (Wildman–Crippen MR) is 59.0 cm³/mol. The fourth-order valence-electron chi connectivity index (χ4n) is 2.14. The Morgan fingerprint density at radius 1 is 1.29 bits per heavy atom. The van der Waals surface area contributed by atoms with Gasteiger partial charge in [0.05, 0.1) is 0 Å². The molecule has 14 heavy (non-hydrogen) atoms. The molecular weight excluding hydrogens is 174 g/mol. The molecule has 0 radical (unpaired) electrons. The van der Waals surface area contributed by atoms with Crippen molar-refractivity contribution in [2.75, 3.05) is 6.54 Å². The van der Waals surface area contributed by atoms with E-state index in [1.807, 2.05) is 20.8 Å². The number of piperidine rings is 1. The van der Waals surface area contributed by atoms with Gasteiger partial charge in [0.2, 0.25) is 5.91 Å². The van der Waals surface area contributed by atoms with Gasteiger partial charge in [0, 0.05) is 18.0 Å². The van der Waals surface area contributed by atoms with Crippen molar-refractivity contribution in [1.29, 1.82) is 0 Å². The average Bonchev–Trinajstić information content (AvgIpc) is 2.01. The molecule has 82 valence electrons. The Kier molecular flexibility index (Phi) is 3.23. The van der Waals surface area contributed by atoms with Crippen LogP contribution in [0.5, 0.6) is 0 Å². The van der Waals surface area contributed by atoms with Crippen LogP contribution in [0, 0.1) is 11.3 Å². The van der Waals surface area contributed by atoms with Crippen LogP contribution in [0.3, 0.4) is 0 Å². The maximum Gasteiger partial charge on any atom is 0.228 e. The molecule has 1 rings (SSSR count). The number of hydrogen-bond donors (Lipinski definition) is 0. The summed E-state index contributed by atoms with van der Waals surface area (Å²) in [5, 5.41) is 0. The van der Waals surface area contributed by atoms with E-state index in [1.165, 1.54) is 0 Å². The molecule has 1 fully saturated rings. The van der Waals surface area contributed by atoms with Crippen molar-refractivity contribution in [2.45, 2.75) is 53.5 Å². The second-order valence-electron chi connectivity index (χ2n) is 5.73. The first-order valence-electron chi connectivity index (χ1n) is 5.63. The van der Waals surface area contributed by atoms with Crippen molar-refractivity contribution >= 4 is 5.91 Å². The van der Waals surface area contributed by atoms with E-state index < -0.39 is 0 Å². The maximum atomic E-state index is 12.1. The quantitative estimate of drug-likeness (QED) is 0.584. The van der Waals surface area contributed by atoms with E-state index in [-0.39, 0.29) is 5.41 Å². The molecule has 0 saturated carbocycles. The van der Waals surface area contributed by atoms with Gasteiger partial charge in [-0.1, -0.05) is 27.7 Å². The molecule has 1 saturated heterocycles. The largest absolute Gasteiger partial charge is 0.340 e. The van der Waals surface area contributed by atoms with Gasteiger partial charge in [-0.3, -0.25) is 4.79 Å². The SMILES string of the molecule is CC1CCN(C(=O)C(C)(C)C)C(C)C1. The zero-order chi connectivity index (χ0) is 10.9. The molecule has 1 aliphatic rings. The lowest BCUT2D eigenvalue weighted by Crippen LogP contribution is -2.48. The molecule has 0 aromatic carbocycles. The van der Waals surface area contributed by atoms with Gasteiger partial charge < -0.3 is 4.90 Å². The Morgan fingerprint density at radius 3 is 2.29 bits per heavy atom. The first-order valence-corrected chi connectivity index (χ1v) is 5.63. The Morgan fingerprint density at radius 2 is 1.86 bits per heavy atom. The first kappa shape index (κ1) is 11.5. The highest BCUT2D eigenvalue weighted by Gasteiger charge is 2.32. The molecule has 0 spiro atoms. The third-order valence-electron chi connectivity index (χ3n) is 3.04. The highest BCUT2D eigenvalue weighted by molar-refractivity contribution is 5.81. The monoisotopic (exact) mass is 197 g/mol. The van der Waals surface area contributed by atoms with Crippen molar-refractivity contribution in [1.82, 2.24) is 4.90 Å². The second-order valence-corrected chi connectivity index (χ2v) is 5.73. The highest BCUT2D eigenvalue weighted by atomic mass is 16.2. The van der Waals surface area contributed by atoms with Crippen molar-refractivity contribution in [3.05, 3.63) is 0 Å². The zero-order valence-corrected chi connectivity index (χ0v) is 10.1. The molecule has 0 aromatic rings. The van der Waals surface area contributed by atoms with Crippen molar-refractivity contribution < 1.29 is 4.79 Å². The molecule has 1 aliphatic heterocycles. The summed E-state index contributed by atoms with van der Waals surface area (Å²) in [6.45, 7) is 11.4. The summed E-state index contributed by atoms with van der Waals surface area (Å²) in [5.74, 6) is 1.07. The van der Waals surface area contributed by atoms with E-state index >= 15 is 0 Å². The lowest BCUT2D eigenvalue weighted by molar-refractivity contribution is -0.143. The van der Waals surface area contributed by atoms with Crippen LogP contribution in [0.4, 0.5) is 0 Å². The summed E-state index contributed by atoms with van der Waals surface area (Å²) in [6, 6.07) is 0.422. The van der Waals surface area contributed by atoms with Crippen LogP contribution >= 0.6 is 0 Å². The lowest BCUT2D eigenvalue weighted by Gasteiger charge is -2.39. The maximum absolute atomic E-state index is 12.1. The van der Waals surface area contributed by atoms with Gasteiger partial charge in [0.1, 0.15) is 0 Å². The van der Waals surface area contributed by atoms with E-state index in [4.69, 9.17) is 0 Å². The van der Waals surface area contributed by atoms with Gasteiger partial charge in [0.25, 0.3) is 0 Å². The van der Waals surface area contributed by atoms with E-state index in [1.54, 1.807) is 0 Å². The van der Waals surface area contributed by atoms with Gasteiger partial charge in [0.15, 0.2) is 0 Å². The molecule has 2 atom stereocenters. The molecule has 1 amide bonds. The van der Waals surface area contributed by atoms with Gasteiger partial charge in [-0.05, 0) is 25.7 Å². The molecule has 0 N–H and O–H groups in total. The second kappa shape index (κ2) is 3.92. The van der Waals surface area contributed by atoms with Crippen molar-refractivity contribution in [3.63, 3.8) is 0 Å². The standard InChI is InChI=1S/C12H23NO/c1-9-6-7-13(10(2)8-9)11(14)12(3,4)5/h9-10H,6-8H2,1-5H3. The van der Waals surface area contributed by atoms with Crippen LogP contribution in [0.25, 0.3) is 0 Å². The van der Waals surface area contributed by atoms with E-state index in [0.717, 1.165) is 25.3 Å². The molecule has 1 heterocycles. The molecule has 2 heteroatoms. The lowest BCUT2D eigenvalue weighted by atomic mass is 9.88. The normalized spacial score (nSPS) is 29.1. The van der Waals surface area contributed by atoms with Crippen LogP contribution in [0.1, 0.15) is 47.5 Å². The van der Waals surface area contributed by atoms with Gasteiger partial charge in [-0.25, -0.2) is 0 Å². The van der Waals surface area contributed by atoms with E-state index in [0.29, 0.717) is 11.9 Å². The number of rotatable bonds is 0. The summed E-state index contributed by atoms with van der Waals surface area (Å²) in [5.41, 5.74) is -0.227. The molecule has 0 bridgehead atoms. The number of carbonyl (C=O) groups excluding carboxylic acids is 1. The van der Waals surface area contributed by atoms with Crippen molar-refractivity contribution in [3.8, 4) is 0 Å². The highest BCUT2D eigenvalue weighted by Crippen LogP contribution is 2.27. The minimum Gasteiger partial charge on any atom is -0.340 e. The van der Waals surface area contributed by atoms with Gasteiger partial charge in [-0.2, -0.15) is 0 Å². The third-order valence-corrected chi connectivity index (χ3v) is 3.04. The number of likely N-dealkylation sites (tertiary alicyclic amines) is 1. The predicted octanol–water partition coefficient (Wildman–Crippen LogP) is 2.68. The van der Waals surface area contributed by atoms with Crippen LogP contribution in [0.2, 0.25) is 0 Å². The Bertz CT molecular complexity index is 217. The van der Waals surface area contributed by atoms with Crippen LogP contribution in [0.15, 0.2) is 0 Å². The topological polar surface area (TPSA) is 20.3 Å². The first-order chi connectivity index (χ1) is 6.32. The van der Waals surface area contributed by atoms with Crippen molar-refractivity contribution in [2.24, 2.45) is 11.3 Å². The minimum absolute atomic E-state index is 0.227. The third kappa shape index (κ3) is 2.49. The van der Waals surface area contributed by atoms with E-state index in [2.05, 4.69) is 18.7 Å². The van der Waals surface area contributed by atoms with Crippen LogP contribution < -0.4 is 0 Å².